The van der Waals surface area contributed by atoms with E-state index in [4.69, 9.17) is 11.6 Å². The van der Waals surface area contributed by atoms with E-state index >= 15 is 0 Å². The summed E-state index contributed by atoms with van der Waals surface area (Å²) in [4.78, 5) is 40.6. The number of likely N-dealkylation sites (tertiary alicyclic amines) is 1. The van der Waals surface area contributed by atoms with Gasteiger partial charge in [-0.3, -0.25) is 19.3 Å². The molecule has 0 spiro atoms. The molecule has 0 radical (unpaired) electrons. The summed E-state index contributed by atoms with van der Waals surface area (Å²) in [7, 11) is 1.40. The first-order valence-electron chi connectivity index (χ1n) is 6.58. The maximum Gasteiger partial charge on any atom is 0.252 e. The summed E-state index contributed by atoms with van der Waals surface area (Å²) in [6.45, 7) is 3.88. The van der Waals surface area contributed by atoms with Crippen molar-refractivity contribution in [2.45, 2.75) is 32.2 Å². The fourth-order valence-electron chi connectivity index (χ4n) is 2.05. The average Bonchev–Trinajstić information content (AvgIpc) is 2.65. The number of rotatable bonds is 3. The molecule has 6 nitrogen and oxygen atoms in total. The highest BCUT2D eigenvalue weighted by molar-refractivity contribution is 6.29. The summed E-state index contributed by atoms with van der Waals surface area (Å²) in [5.74, 6) is -1.03. The van der Waals surface area contributed by atoms with Gasteiger partial charge in [0.05, 0.1) is 6.42 Å². The molecule has 1 aliphatic heterocycles. The Balaban J connectivity index is 2.18. The number of pyridine rings is 1. The Morgan fingerprint density at radius 1 is 1.43 bits per heavy atom. The van der Waals surface area contributed by atoms with Crippen LogP contribution >= 0.6 is 11.6 Å². The second-order valence-corrected chi connectivity index (χ2v) is 5.67. The Bertz CT molecular complexity index is 615. The van der Waals surface area contributed by atoms with Crippen LogP contribution < -0.4 is 5.32 Å². The Hall–Kier alpha value is -1.95. The molecule has 1 aromatic heterocycles. The number of carbonyl (C=O) groups is 3. The highest BCUT2D eigenvalue weighted by Gasteiger charge is 2.37. The molecule has 2 rings (SSSR count). The van der Waals surface area contributed by atoms with E-state index < -0.39 is 17.9 Å². The molecule has 1 fully saturated rings. The van der Waals surface area contributed by atoms with Crippen molar-refractivity contribution in [3.8, 4) is 0 Å². The first-order chi connectivity index (χ1) is 9.79. The third kappa shape index (κ3) is 3.21. The summed E-state index contributed by atoms with van der Waals surface area (Å²) in [6, 6.07) is 2.26. The van der Waals surface area contributed by atoms with E-state index in [9.17, 15) is 14.4 Å². The number of hydrogen-bond acceptors (Lipinski definition) is 4. The second-order valence-electron chi connectivity index (χ2n) is 5.28. The van der Waals surface area contributed by atoms with Gasteiger partial charge in [-0.2, -0.15) is 0 Å². The number of nitrogens with zero attached hydrogens (tertiary/aromatic N) is 2. The predicted octanol–water partition coefficient (Wildman–Crippen LogP) is 1.35. The molecule has 1 N–H and O–H groups in total. The molecule has 3 amide bonds. The van der Waals surface area contributed by atoms with Gasteiger partial charge in [-0.1, -0.05) is 25.4 Å². The lowest BCUT2D eigenvalue weighted by molar-refractivity contribution is -0.137. The Morgan fingerprint density at radius 2 is 2.10 bits per heavy atom. The van der Waals surface area contributed by atoms with E-state index in [1.54, 1.807) is 6.07 Å². The van der Waals surface area contributed by atoms with Crippen LogP contribution in [0.15, 0.2) is 12.1 Å². The van der Waals surface area contributed by atoms with Crippen LogP contribution in [-0.2, 0) is 9.59 Å². The van der Waals surface area contributed by atoms with Crippen LogP contribution in [0.3, 0.4) is 0 Å². The van der Waals surface area contributed by atoms with E-state index in [-0.39, 0.29) is 23.4 Å². The van der Waals surface area contributed by atoms with Crippen LogP contribution in [0.2, 0.25) is 5.15 Å². The van der Waals surface area contributed by atoms with Crippen LogP contribution in [0.5, 0.6) is 0 Å². The van der Waals surface area contributed by atoms with Crippen molar-refractivity contribution in [2.24, 2.45) is 0 Å². The van der Waals surface area contributed by atoms with Crippen molar-refractivity contribution in [1.82, 2.24) is 15.2 Å². The molecule has 1 aliphatic rings. The van der Waals surface area contributed by atoms with Gasteiger partial charge in [-0.05, 0) is 18.1 Å². The zero-order valence-corrected chi connectivity index (χ0v) is 12.8. The predicted molar refractivity (Wildman–Crippen MR) is 77.0 cm³/mol. The molecule has 7 heteroatoms. The van der Waals surface area contributed by atoms with E-state index in [0.717, 1.165) is 4.90 Å². The fraction of sp³-hybridized carbons (Fsp3) is 0.429. The largest absolute Gasteiger partial charge is 0.340 e. The van der Waals surface area contributed by atoms with Gasteiger partial charge in [-0.15, -0.1) is 0 Å². The lowest BCUT2D eigenvalue weighted by Crippen LogP contribution is -2.40. The van der Waals surface area contributed by atoms with Crippen molar-refractivity contribution >= 4 is 29.3 Å². The van der Waals surface area contributed by atoms with Crippen LogP contribution in [-0.4, -0.2) is 40.7 Å². The van der Waals surface area contributed by atoms with E-state index in [1.807, 2.05) is 13.8 Å². The van der Waals surface area contributed by atoms with Crippen molar-refractivity contribution in [1.29, 1.82) is 0 Å². The monoisotopic (exact) mass is 309 g/mol. The number of carbonyl (C=O) groups excluding carboxylic acids is 3. The van der Waals surface area contributed by atoms with Gasteiger partial charge in [0.15, 0.2) is 0 Å². The quantitative estimate of drug-likeness (QED) is 0.675. The zero-order chi connectivity index (χ0) is 15.7. The minimum atomic E-state index is -0.815. The van der Waals surface area contributed by atoms with Crippen molar-refractivity contribution in [2.75, 3.05) is 7.05 Å². The van der Waals surface area contributed by atoms with Crippen molar-refractivity contribution in [3.63, 3.8) is 0 Å². The third-order valence-corrected chi connectivity index (χ3v) is 3.55. The van der Waals surface area contributed by atoms with Gasteiger partial charge in [0.2, 0.25) is 5.91 Å². The molecule has 0 aliphatic carbocycles. The van der Waals surface area contributed by atoms with Crippen molar-refractivity contribution < 1.29 is 14.4 Å². The van der Waals surface area contributed by atoms with Crippen LogP contribution in [0.1, 0.15) is 42.2 Å². The molecule has 112 valence electrons. The number of nitrogens with one attached hydrogen (secondary N) is 1. The molecule has 1 saturated heterocycles. The second kappa shape index (κ2) is 5.81. The Kier molecular flexibility index (Phi) is 4.27. The topological polar surface area (TPSA) is 79.4 Å². The number of likely N-dealkylation sites (N-methyl/N-ethyl adjacent to an activating group) is 1. The minimum absolute atomic E-state index is 0.0169. The molecule has 1 atom stereocenters. The summed E-state index contributed by atoms with van der Waals surface area (Å²) in [6.07, 6.45) is -0.0169. The SMILES string of the molecule is CC(C)c1cc(C(=O)NC2CC(=O)N(C)C2=O)cc(Cl)n1. The smallest absolute Gasteiger partial charge is 0.252 e. The molecule has 1 aromatic rings. The number of aromatic nitrogens is 1. The highest BCUT2D eigenvalue weighted by Crippen LogP contribution is 2.18. The van der Waals surface area contributed by atoms with Crippen LogP contribution in [0.25, 0.3) is 0 Å². The summed E-state index contributed by atoms with van der Waals surface area (Å²) < 4.78 is 0. The lowest BCUT2D eigenvalue weighted by Gasteiger charge is -2.12. The molecular weight excluding hydrogens is 294 g/mol. The van der Waals surface area contributed by atoms with E-state index in [1.165, 1.54) is 13.1 Å². The van der Waals surface area contributed by atoms with Gasteiger partial charge >= 0.3 is 0 Å². The standard InChI is InChI=1S/C14H16ClN3O3/c1-7(2)9-4-8(5-11(15)16-9)13(20)17-10-6-12(19)18(3)14(10)21/h4-5,7,10H,6H2,1-3H3,(H,17,20). The molecule has 0 saturated carbocycles. The number of hydrogen-bond donors (Lipinski definition) is 1. The van der Waals surface area contributed by atoms with Crippen molar-refractivity contribution in [3.05, 3.63) is 28.5 Å². The summed E-state index contributed by atoms with van der Waals surface area (Å²) >= 11 is 5.91. The van der Waals surface area contributed by atoms with Crippen LogP contribution in [0.4, 0.5) is 0 Å². The molecule has 0 bridgehead atoms. The first kappa shape index (κ1) is 15.4. The maximum absolute atomic E-state index is 12.2. The average molecular weight is 310 g/mol. The van der Waals surface area contributed by atoms with Gasteiger partial charge in [0.25, 0.3) is 11.8 Å². The molecule has 0 aromatic carbocycles. The number of halogens is 1. The normalized spacial score (nSPS) is 18.5. The number of imide groups is 1. The summed E-state index contributed by atoms with van der Waals surface area (Å²) in [5.41, 5.74) is 1.02. The highest BCUT2D eigenvalue weighted by atomic mass is 35.5. The fourth-order valence-corrected chi connectivity index (χ4v) is 2.27. The van der Waals surface area contributed by atoms with E-state index in [0.29, 0.717) is 11.3 Å². The van der Waals surface area contributed by atoms with E-state index in [2.05, 4.69) is 10.3 Å². The molecular formula is C14H16ClN3O3. The Morgan fingerprint density at radius 3 is 2.62 bits per heavy atom. The lowest BCUT2D eigenvalue weighted by atomic mass is 10.1. The minimum Gasteiger partial charge on any atom is -0.340 e. The maximum atomic E-state index is 12.2. The zero-order valence-electron chi connectivity index (χ0n) is 12.0. The first-order valence-corrected chi connectivity index (χ1v) is 6.96. The third-order valence-electron chi connectivity index (χ3n) is 3.35. The van der Waals surface area contributed by atoms with Gasteiger partial charge in [0, 0.05) is 18.3 Å². The van der Waals surface area contributed by atoms with Gasteiger partial charge in [-0.25, -0.2) is 4.98 Å². The molecule has 2 heterocycles. The summed E-state index contributed by atoms with van der Waals surface area (Å²) in [5, 5.41) is 2.78. The molecule has 21 heavy (non-hydrogen) atoms. The molecule has 1 unspecified atom stereocenters. The van der Waals surface area contributed by atoms with Crippen LogP contribution in [0, 0.1) is 0 Å². The van der Waals surface area contributed by atoms with Gasteiger partial charge < -0.3 is 5.32 Å². The Labute approximate surface area is 127 Å². The van der Waals surface area contributed by atoms with Gasteiger partial charge in [0.1, 0.15) is 11.2 Å². The number of amides is 3.